The number of H-pyrrole nitrogens is 1. The SMILES string of the molecule is Nc1nc2c(nnn2C2C=C(CO)C(O)C2O)c(=O)[nH]1. The van der Waals surface area contributed by atoms with E-state index in [-0.39, 0.29) is 22.7 Å². The molecule has 0 saturated carbocycles. The Kier molecular flexibility index (Phi) is 2.78. The summed E-state index contributed by atoms with van der Waals surface area (Å²) in [5.74, 6) is -0.106. The Morgan fingerprint density at radius 2 is 2.20 bits per heavy atom. The molecule has 1 aliphatic rings. The molecule has 1 aliphatic carbocycles. The number of anilines is 1. The van der Waals surface area contributed by atoms with Gasteiger partial charge in [-0.15, -0.1) is 5.10 Å². The summed E-state index contributed by atoms with van der Waals surface area (Å²) >= 11 is 0. The lowest BCUT2D eigenvalue weighted by Gasteiger charge is -2.17. The molecule has 2 aromatic heterocycles. The lowest BCUT2D eigenvalue weighted by Crippen LogP contribution is -2.30. The van der Waals surface area contributed by atoms with E-state index in [1.54, 1.807) is 0 Å². The van der Waals surface area contributed by atoms with E-state index in [4.69, 9.17) is 10.8 Å². The van der Waals surface area contributed by atoms with Crippen molar-refractivity contribution in [1.82, 2.24) is 25.0 Å². The first kappa shape index (κ1) is 12.7. The fraction of sp³-hybridized carbons (Fsp3) is 0.400. The van der Waals surface area contributed by atoms with Crippen molar-refractivity contribution in [1.29, 1.82) is 0 Å². The van der Waals surface area contributed by atoms with E-state index in [0.29, 0.717) is 0 Å². The number of nitrogens with two attached hydrogens (primary N) is 1. The zero-order chi connectivity index (χ0) is 14.4. The molecule has 2 aromatic rings. The van der Waals surface area contributed by atoms with Crippen LogP contribution in [0.25, 0.3) is 11.2 Å². The van der Waals surface area contributed by atoms with Gasteiger partial charge in [0.25, 0.3) is 5.56 Å². The van der Waals surface area contributed by atoms with Gasteiger partial charge in [-0.25, -0.2) is 4.68 Å². The van der Waals surface area contributed by atoms with Crippen LogP contribution in [0.15, 0.2) is 16.4 Å². The highest BCUT2D eigenvalue weighted by molar-refractivity contribution is 5.69. The smallest absolute Gasteiger partial charge is 0.282 e. The molecule has 0 radical (unpaired) electrons. The Morgan fingerprint density at radius 3 is 2.85 bits per heavy atom. The molecule has 0 amide bonds. The number of aliphatic hydroxyl groups excluding tert-OH is 3. The van der Waals surface area contributed by atoms with Crippen LogP contribution in [0, 0.1) is 0 Å². The van der Waals surface area contributed by atoms with Gasteiger partial charge < -0.3 is 21.1 Å². The van der Waals surface area contributed by atoms with Crippen molar-refractivity contribution in [3.8, 4) is 0 Å². The third-order valence-electron chi connectivity index (χ3n) is 3.26. The van der Waals surface area contributed by atoms with Crippen molar-refractivity contribution in [3.05, 3.63) is 22.0 Å². The van der Waals surface area contributed by atoms with Crippen LogP contribution in [0.5, 0.6) is 0 Å². The summed E-state index contributed by atoms with van der Waals surface area (Å²) in [6.07, 6.45) is -0.962. The van der Waals surface area contributed by atoms with Gasteiger partial charge in [-0.05, 0) is 5.57 Å². The maximum absolute atomic E-state index is 11.6. The van der Waals surface area contributed by atoms with Crippen LogP contribution in [-0.4, -0.2) is 59.1 Å². The fourth-order valence-electron chi connectivity index (χ4n) is 2.24. The summed E-state index contributed by atoms with van der Waals surface area (Å²) in [6.45, 7) is -0.391. The van der Waals surface area contributed by atoms with E-state index >= 15 is 0 Å². The van der Waals surface area contributed by atoms with E-state index < -0.39 is 30.4 Å². The van der Waals surface area contributed by atoms with Crippen LogP contribution >= 0.6 is 0 Å². The topological polar surface area (TPSA) is 163 Å². The minimum absolute atomic E-state index is 0.0215. The molecule has 0 aliphatic heterocycles. The molecule has 3 unspecified atom stereocenters. The summed E-state index contributed by atoms with van der Waals surface area (Å²) in [5, 5.41) is 36.3. The number of nitrogens with one attached hydrogen (secondary N) is 1. The van der Waals surface area contributed by atoms with Crippen molar-refractivity contribution in [2.24, 2.45) is 0 Å². The van der Waals surface area contributed by atoms with Gasteiger partial charge >= 0.3 is 0 Å². The maximum Gasteiger partial charge on any atom is 0.282 e. The molecule has 106 valence electrons. The number of aromatic nitrogens is 5. The second kappa shape index (κ2) is 4.37. The molecule has 10 nitrogen and oxygen atoms in total. The molecular formula is C10H12N6O4. The van der Waals surface area contributed by atoms with Crippen LogP contribution in [0.4, 0.5) is 5.95 Å². The first-order valence-electron chi connectivity index (χ1n) is 5.81. The molecule has 0 fully saturated rings. The van der Waals surface area contributed by atoms with E-state index in [2.05, 4.69) is 20.3 Å². The van der Waals surface area contributed by atoms with Gasteiger partial charge in [0.1, 0.15) is 18.2 Å². The average Bonchev–Trinajstić information content (AvgIpc) is 2.93. The molecule has 0 saturated heterocycles. The molecule has 20 heavy (non-hydrogen) atoms. The van der Waals surface area contributed by atoms with Crippen LogP contribution in [0.3, 0.4) is 0 Å². The van der Waals surface area contributed by atoms with Crippen LogP contribution < -0.4 is 11.3 Å². The fourth-order valence-corrected chi connectivity index (χ4v) is 2.24. The van der Waals surface area contributed by atoms with Gasteiger partial charge in [0.15, 0.2) is 11.2 Å². The number of fused-ring (bicyclic) bond motifs is 1. The number of hydrogen-bond acceptors (Lipinski definition) is 8. The van der Waals surface area contributed by atoms with E-state index in [1.165, 1.54) is 10.8 Å². The van der Waals surface area contributed by atoms with Gasteiger partial charge in [0, 0.05) is 0 Å². The third kappa shape index (κ3) is 1.70. The highest BCUT2D eigenvalue weighted by Gasteiger charge is 2.37. The van der Waals surface area contributed by atoms with Crippen LogP contribution in [0.2, 0.25) is 0 Å². The second-order valence-electron chi connectivity index (χ2n) is 4.48. The lowest BCUT2D eigenvalue weighted by molar-refractivity contribution is 0.0261. The number of rotatable bonds is 2. The molecule has 0 aromatic carbocycles. The second-order valence-corrected chi connectivity index (χ2v) is 4.48. The highest BCUT2D eigenvalue weighted by Crippen LogP contribution is 2.29. The van der Waals surface area contributed by atoms with Crippen molar-refractivity contribution >= 4 is 17.1 Å². The maximum atomic E-state index is 11.6. The number of aromatic amines is 1. The quantitative estimate of drug-likeness (QED) is 0.371. The summed E-state index contributed by atoms with van der Waals surface area (Å²) < 4.78 is 1.19. The summed E-state index contributed by atoms with van der Waals surface area (Å²) in [6, 6.07) is -0.786. The lowest BCUT2D eigenvalue weighted by atomic mass is 10.1. The average molecular weight is 280 g/mol. The van der Waals surface area contributed by atoms with Crippen molar-refractivity contribution in [2.75, 3.05) is 12.3 Å². The predicted octanol–water partition coefficient (Wildman–Crippen LogP) is -2.71. The van der Waals surface area contributed by atoms with Gasteiger partial charge in [-0.1, -0.05) is 11.3 Å². The zero-order valence-corrected chi connectivity index (χ0v) is 10.1. The monoisotopic (exact) mass is 280 g/mol. The Balaban J connectivity index is 2.16. The minimum Gasteiger partial charge on any atom is -0.392 e. The molecule has 3 atom stereocenters. The largest absolute Gasteiger partial charge is 0.392 e. The summed E-state index contributed by atoms with van der Waals surface area (Å²) in [5.41, 5.74) is 5.26. The molecule has 0 bridgehead atoms. The first-order valence-corrected chi connectivity index (χ1v) is 5.81. The molecule has 2 heterocycles. The number of nitrogens with zero attached hydrogens (tertiary/aromatic N) is 4. The van der Waals surface area contributed by atoms with Gasteiger partial charge in [0.2, 0.25) is 5.95 Å². The van der Waals surface area contributed by atoms with Gasteiger partial charge in [0.05, 0.1) is 6.61 Å². The van der Waals surface area contributed by atoms with Crippen LogP contribution in [-0.2, 0) is 0 Å². The van der Waals surface area contributed by atoms with E-state index in [0.717, 1.165) is 0 Å². The Morgan fingerprint density at radius 1 is 1.45 bits per heavy atom. The minimum atomic E-state index is -1.22. The predicted molar refractivity (Wildman–Crippen MR) is 66.6 cm³/mol. The molecule has 3 rings (SSSR count). The molecule has 10 heteroatoms. The molecular weight excluding hydrogens is 268 g/mol. The normalized spacial score (nSPS) is 26.1. The Bertz CT molecular complexity index is 750. The van der Waals surface area contributed by atoms with Gasteiger partial charge in [-0.3, -0.25) is 9.78 Å². The van der Waals surface area contributed by atoms with E-state index in [1.807, 2.05) is 0 Å². The first-order chi connectivity index (χ1) is 9.52. The zero-order valence-electron chi connectivity index (χ0n) is 10.1. The van der Waals surface area contributed by atoms with E-state index in [9.17, 15) is 15.0 Å². The molecule has 0 spiro atoms. The third-order valence-corrected chi connectivity index (χ3v) is 3.26. The van der Waals surface area contributed by atoms with Crippen molar-refractivity contribution < 1.29 is 15.3 Å². The van der Waals surface area contributed by atoms with Crippen molar-refractivity contribution in [3.63, 3.8) is 0 Å². The molecule has 6 N–H and O–H groups in total. The van der Waals surface area contributed by atoms with Gasteiger partial charge in [-0.2, -0.15) is 4.98 Å². The number of hydrogen-bond donors (Lipinski definition) is 5. The summed E-state index contributed by atoms with van der Waals surface area (Å²) in [4.78, 5) is 17.8. The number of aliphatic hydroxyl groups is 3. The standard InChI is InChI=1S/C10H12N6O4/c11-10-12-8-5(9(20)13-10)14-15-16(8)4-1-3(2-17)6(18)7(4)19/h1,4,6-7,17-19H,2H2,(H3,11,12,13,20). The Labute approximate surface area is 111 Å². The summed E-state index contributed by atoms with van der Waals surface area (Å²) in [7, 11) is 0. The van der Waals surface area contributed by atoms with Crippen LogP contribution in [0.1, 0.15) is 6.04 Å². The Hall–Kier alpha value is -2.30. The van der Waals surface area contributed by atoms with Crippen molar-refractivity contribution in [2.45, 2.75) is 18.2 Å². The number of nitrogen functional groups attached to an aromatic ring is 1. The highest BCUT2D eigenvalue weighted by atomic mass is 16.3.